The second-order valence-corrected chi connectivity index (χ2v) is 0.761. The molecule has 0 saturated heterocycles. The number of rotatable bonds is 0. The van der Waals surface area contributed by atoms with Crippen molar-refractivity contribution in [1.82, 2.24) is 34.6 Å². The van der Waals surface area contributed by atoms with Crippen molar-refractivity contribution in [2.45, 2.75) is 0 Å². The summed E-state index contributed by atoms with van der Waals surface area (Å²) in [4.78, 5) is 6.42. The largest absolute Gasteiger partial charge is 2.00 e. The van der Waals surface area contributed by atoms with E-state index in [1.165, 1.54) is 0 Å². The van der Waals surface area contributed by atoms with E-state index in [2.05, 4.69) is 9.97 Å². The molecule has 0 saturated carbocycles. The van der Waals surface area contributed by atoms with E-state index in [9.17, 15) is 0 Å². The summed E-state index contributed by atoms with van der Waals surface area (Å²) in [5.41, 5.74) is 0. The SMILES string of the molecule is N.N.N.N.[OH-].[Pt+2].[Pt+2].c1c[nH]cn1. The van der Waals surface area contributed by atoms with Crippen molar-refractivity contribution in [2.75, 3.05) is 0 Å². The molecule has 0 aliphatic rings. The van der Waals surface area contributed by atoms with Crippen molar-refractivity contribution in [3.8, 4) is 0 Å². The zero-order chi connectivity index (χ0) is 3.54. The minimum Gasteiger partial charge on any atom is -0.870 e. The maximum absolute atomic E-state index is 3.67. The number of imidazole rings is 1. The Labute approximate surface area is 101 Å². The Morgan fingerprint density at radius 3 is 1.42 bits per heavy atom. The van der Waals surface area contributed by atoms with Crippen molar-refractivity contribution < 1.29 is 47.6 Å². The molecule has 1 aromatic heterocycles. The van der Waals surface area contributed by atoms with Gasteiger partial charge >= 0.3 is 42.1 Å². The van der Waals surface area contributed by atoms with Gasteiger partial charge in [0, 0.05) is 12.4 Å². The standard InChI is InChI=1S/C3H4N2.4H3N.H2O.2Pt/c1-2-5-3-4-1;;;;;;;/h1-3H,(H,4,5);4*1H3;1H2;;/q;;;;;;2*+2/p-1. The summed E-state index contributed by atoms with van der Waals surface area (Å²) in [7, 11) is 0. The average molecular weight is 543 g/mol. The van der Waals surface area contributed by atoms with Gasteiger partial charge in [0.1, 0.15) is 0 Å². The van der Waals surface area contributed by atoms with Gasteiger partial charge in [-0.25, -0.2) is 4.98 Å². The fourth-order valence-electron chi connectivity index (χ4n) is 0.215. The molecule has 82 valence electrons. The van der Waals surface area contributed by atoms with Crippen LogP contribution in [0, 0.1) is 0 Å². The maximum Gasteiger partial charge on any atom is 2.00 e. The van der Waals surface area contributed by atoms with Crippen LogP contribution in [0.25, 0.3) is 0 Å². The number of H-pyrrole nitrogens is 1. The first-order valence-electron chi connectivity index (χ1n) is 1.43. The van der Waals surface area contributed by atoms with Gasteiger partial charge in [-0.05, 0) is 0 Å². The first-order chi connectivity index (χ1) is 2.50. The van der Waals surface area contributed by atoms with Crippen LogP contribution in [0.4, 0.5) is 0 Å². The summed E-state index contributed by atoms with van der Waals surface area (Å²) in [5, 5.41) is 0. The number of aromatic amines is 1. The van der Waals surface area contributed by atoms with Crippen molar-refractivity contribution in [2.24, 2.45) is 0 Å². The minimum absolute atomic E-state index is 0. The van der Waals surface area contributed by atoms with Crippen LogP contribution < -0.4 is 24.6 Å². The van der Waals surface area contributed by atoms with Gasteiger partial charge in [0.2, 0.25) is 0 Å². The zero-order valence-electron chi connectivity index (χ0n) is 6.59. The summed E-state index contributed by atoms with van der Waals surface area (Å²) in [6.07, 6.45) is 5.08. The number of hydrogen-bond acceptors (Lipinski definition) is 6. The van der Waals surface area contributed by atoms with Gasteiger partial charge in [-0.3, -0.25) is 0 Å². The van der Waals surface area contributed by atoms with Gasteiger partial charge in [0.05, 0.1) is 6.33 Å². The Morgan fingerprint density at radius 1 is 0.917 bits per heavy atom. The van der Waals surface area contributed by atoms with Crippen molar-refractivity contribution in [1.29, 1.82) is 0 Å². The predicted octanol–water partition coefficient (Wildman–Crippen LogP) is 0.876. The van der Waals surface area contributed by atoms with Crippen LogP contribution in [-0.2, 0) is 42.1 Å². The molecule has 0 unspecified atom stereocenters. The molecule has 1 aromatic rings. The fourth-order valence-corrected chi connectivity index (χ4v) is 0.215. The van der Waals surface area contributed by atoms with Crippen molar-refractivity contribution in [3.63, 3.8) is 0 Å². The van der Waals surface area contributed by atoms with Crippen LogP contribution >= 0.6 is 0 Å². The first-order valence-corrected chi connectivity index (χ1v) is 1.43. The maximum atomic E-state index is 3.67. The van der Waals surface area contributed by atoms with Gasteiger partial charge in [-0.1, -0.05) is 0 Å². The van der Waals surface area contributed by atoms with Crippen LogP contribution in [-0.4, -0.2) is 15.4 Å². The number of hydrogen-bond donors (Lipinski definition) is 5. The molecule has 0 bridgehead atoms. The topological polar surface area (TPSA) is 199 Å². The molecule has 0 atom stereocenters. The van der Waals surface area contributed by atoms with Crippen molar-refractivity contribution in [3.05, 3.63) is 18.7 Å². The van der Waals surface area contributed by atoms with Gasteiger partial charge < -0.3 is 35.1 Å². The first kappa shape index (κ1) is 55.3. The average Bonchev–Trinajstić information content (AvgIpc) is 1.76. The molecular weight excluding hydrogens is 526 g/mol. The molecule has 12 heavy (non-hydrogen) atoms. The van der Waals surface area contributed by atoms with Gasteiger partial charge in [0.15, 0.2) is 0 Å². The van der Waals surface area contributed by atoms with E-state index in [0.717, 1.165) is 0 Å². The van der Waals surface area contributed by atoms with E-state index in [1.54, 1.807) is 18.7 Å². The van der Waals surface area contributed by atoms with E-state index in [0.29, 0.717) is 0 Å². The Bertz CT molecular complexity index is 77.3. The molecule has 9 heteroatoms. The molecule has 7 nitrogen and oxygen atoms in total. The van der Waals surface area contributed by atoms with Crippen LogP contribution in [0.5, 0.6) is 0 Å². The van der Waals surface area contributed by atoms with Gasteiger partial charge in [-0.2, -0.15) is 0 Å². The zero-order valence-corrected chi connectivity index (χ0v) is 11.1. The van der Waals surface area contributed by atoms with Crippen LogP contribution in [0.15, 0.2) is 18.7 Å². The third-order valence-electron chi connectivity index (χ3n) is 0.406. The van der Waals surface area contributed by atoms with E-state index >= 15 is 0 Å². The Balaban J connectivity index is -0.00000000714. The Hall–Kier alpha value is 0.387. The molecule has 0 aliphatic carbocycles. The van der Waals surface area contributed by atoms with E-state index < -0.39 is 0 Å². The third-order valence-corrected chi connectivity index (χ3v) is 0.406. The monoisotopic (exact) mass is 543 g/mol. The summed E-state index contributed by atoms with van der Waals surface area (Å²) >= 11 is 0. The summed E-state index contributed by atoms with van der Waals surface area (Å²) in [6, 6.07) is 0. The Morgan fingerprint density at radius 2 is 1.33 bits per heavy atom. The molecule has 0 amide bonds. The molecule has 0 aliphatic heterocycles. The predicted molar refractivity (Wildman–Crippen MR) is 40.6 cm³/mol. The second kappa shape index (κ2) is 42.3. The molecule has 0 spiro atoms. The molecule has 14 N–H and O–H groups in total. The number of aromatic nitrogens is 2. The smallest absolute Gasteiger partial charge is 0.870 e. The summed E-state index contributed by atoms with van der Waals surface area (Å²) in [6.45, 7) is 0. The number of nitrogens with zero attached hydrogens (tertiary/aromatic N) is 1. The molecule has 1 rings (SSSR count). The van der Waals surface area contributed by atoms with Crippen LogP contribution in [0.3, 0.4) is 0 Å². The summed E-state index contributed by atoms with van der Waals surface area (Å²) < 4.78 is 0. The molecule has 0 fully saturated rings. The number of nitrogens with one attached hydrogen (secondary N) is 1. The van der Waals surface area contributed by atoms with E-state index in [-0.39, 0.29) is 72.2 Å². The molecular formula is C3H17N6OPt2+3. The quantitative estimate of drug-likeness (QED) is 0.322. The molecule has 0 radical (unpaired) electrons. The van der Waals surface area contributed by atoms with Gasteiger partial charge in [0.25, 0.3) is 0 Å². The Kier molecular flexibility index (Phi) is 195. The van der Waals surface area contributed by atoms with Gasteiger partial charge in [-0.15, -0.1) is 0 Å². The molecule has 0 aromatic carbocycles. The molecule has 1 heterocycles. The normalized spacial score (nSPS) is 3.33. The second-order valence-electron chi connectivity index (χ2n) is 0.761. The minimum atomic E-state index is 0. The third kappa shape index (κ3) is 31.5. The van der Waals surface area contributed by atoms with Crippen molar-refractivity contribution >= 4 is 0 Å². The van der Waals surface area contributed by atoms with Crippen LogP contribution in [0.2, 0.25) is 0 Å². The summed E-state index contributed by atoms with van der Waals surface area (Å²) in [5.74, 6) is 0. The van der Waals surface area contributed by atoms with E-state index in [1.807, 2.05) is 0 Å². The van der Waals surface area contributed by atoms with E-state index in [4.69, 9.17) is 0 Å². The van der Waals surface area contributed by atoms with Crippen LogP contribution in [0.1, 0.15) is 0 Å². The fraction of sp³-hybridized carbons (Fsp3) is 0.